The molecule has 10 heavy (non-hydrogen) atoms. The number of rotatable bonds is 3. The maximum absolute atomic E-state index is 12.0. The van der Waals surface area contributed by atoms with E-state index in [4.69, 9.17) is 10.8 Å². The van der Waals surface area contributed by atoms with Crippen LogP contribution in [0, 0.1) is 5.41 Å². The molecule has 0 saturated carbocycles. The lowest BCUT2D eigenvalue weighted by atomic mass is 9.87. The molecule has 0 aliphatic rings. The highest BCUT2D eigenvalue weighted by Gasteiger charge is 2.31. The van der Waals surface area contributed by atoms with Gasteiger partial charge in [0.15, 0.2) is 0 Å². The molecule has 0 spiro atoms. The molecule has 0 aromatic rings. The third kappa shape index (κ3) is 1.95. The highest BCUT2D eigenvalue weighted by atomic mass is 19.1. The SMILES string of the molecule is CC(C)(CF)C(N)C(=O)O. The Morgan fingerprint density at radius 2 is 2.20 bits per heavy atom. The van der Waals surface area contributed by atoms with Gasteiger partial charge in [0.2, 0.25) is 0 Å². The summed E-state index contributed by atoms with van der Waals surface area (Å²) in [6, 6.07) is -1.13. The van der Waals surface area contributed by atoms with Crippen molar-refractivity contribution in [3.63, 3.8) is 0 Å². The zero-order valence-electron chi connectivity index (χ0n) is 6.10. The minimum Gasteiger partial charge on any atom is -0.480 e. The number of alkyl halides is 1. The van der Waals surface area contributed by atoms with Gasteiger partial charge in [-0.15, -0.1) is 0 Å². The van der Waals surface area contributed by atoms with Gasteiger partial charge in [0.05, 0.1) is 6.67 Å². The molecule has 3 nitrogen and oxygen atoms in total. The molecule has 1 unspecified atom stereocenters. The Balaban J connectivity index is 4.17. The predicted octanol–water partition coefficient (Wildman–Crippen LogP) is 0.394. The van der Waals surface area contributed by atoms with Gasteiger partial charge in [-0.3, -0.25) is 9.18 Å². The van der Waals surface area contributed by atoms with E-state index in [9.17, 15) is 9.18 Å². The summed E-state index contributed by atoms with van der Waals surface area (Å²) < 4.78 is 12.0. The molecule has 0 aliphatic heterocycles. The zero-order valence-corrected chi connectivity index (χ0v) is 6.10. The van der Waals surface area contributed by atoms with Gasteiger partial charge in [0.25, 0.3) is 0 Å². The molecule has 3 N–H and O–H groups in total. The lowest BCUT2D eigenvalue weighted by Crippen LogP contribution is -2.45. The third-order valence-corrected chi connectivity index (χ3v) is 1.45. The fourth-order valence-corrected chi connectivity index (χ4v) is 0.417. The molecule has 0 bridgehead atoms. The van der Waals surface area contributed by atoms with Crippen molar-refractivity contribution >= 4 is 5.97 Å². The van der Waals surface area contributed by atoms with Gasteiger partial charge in [-0.1, -0.05) is 13.8 Å². The lowest BCUT2D eigenvalue weighted by Gasteiger charge is -2.24. The van der Waals surface area contributed by atoms with E-state index in [0.29, 0.717) is 0 Å². The molecule has 0 amide bonds. The standard InChI is InChI=1S/C6H12FNO2/c1-6(2,3-7)4(8)5(9)10/h4H,3,8H2,1-2H3,(H,9,10). The second-order valence-corrected chi connectivity index (χ2v) is 2.94. The van der Waals surface area contributed by atoms with Crippen molar-refractivity contribution in [2.75, 3.05) is 6.67 Å². The highest BCUT2D eigenvalue weighted by molar-refractivity contribution is 5.74. The summed E-state index contributed by atoms with van der Waals surface area (Å²) in [4.78, 5) is 10.2. The number of hydrogen-bond donors (Lipinski definition) is 2. The first kappa shape index (κ1) is 9.36. The average Bonchev–Trinajstić information content (AvgIpc) is 1.86. The lowest BCUT2D eigenvalue weighted by molar-refractivity contribution is -0.141. The van der Waals surface area contributed by atoms with Crippen LogP contribution in [-0.2, 0) is 4.79 Å². The average molecular weight is 149 g/mol. The van der Waals surface area contributed by atoms with Crippen molar-refractivity contribution in [3.05, 3.63) is 0 Å². The number of hydrogen-bond acceptors (Lipinski definition) is 2. The highest BCUT2D eigenvalue weighted by Crippen LogP contribution is 2.19. The monoisotopic (exact) mass is 149 g/mol. The Morgan fingerprint density at radius 1 is 1.80 bits per heavy atom. The summed E-state index contributed by atoms with van der Waals surface area (Å²) >= 11 is 0. The fourth-order valence-electron chi connectivity index (χ4n) is 0.417. The summed E-state index contributed by atoms with van der Waals surface area (Å²) in [6.45, 7) is 2.23. The Morgan fingerprint density at radius 3 is 2.30 bits per heavy atom. The molecule has 0 fully saturated rings. The maximum Gasteiger partial charge on any atom is 0.321 e. The third-order valence-electron chi connectivity index (χ3n) is 1.45. The summed E-state index contributed by atoms with van der Waals surface area (Å²) in [5, 5.41) is 8.36. The van der Waals surface area contributed by atoms with Crippen molar-refractivity contribution in [1.29, 1.82) is 0 Å². The van der Waals surface area contributed by atoms with Crippen LogP contribution in [0.1, 0.15) is 13.8 Å². The molecule has 1 atom stereocenters. The second kappa shape index (κ2) is 2.96. The molecule has 0 rings (SSSR count). The van der Waals surface area contributed by atoms with Crippen LogP contribution in [0.5, 0.6) is 0 Å². The number of carboxylic acids is 1. The van der Waals surface area contributed by atoms with Crippen molar-refractivity contribution in [3.8, 4) is 0 Å². The molecule has 0 saturated heterocycles. The first-order valence-corrected chi connectivity index (χ1v) is 2.96. The zero-order chi connectivity index (χ0) is 8.36. The van der Waals surface area contributed by atoms with Crippen molar-refractivity contribution in [2.45, 2.75) is 19.9 Å². The molecule has 0 radical (unpaired) electrons. The van der Waals surface area contributed by atoms with Crippen LogP contribution in [0.25, 0.3) is 0 Å². The van der Waals surface area contributed by atoms with E-state index in [-0.39, 0.29) is 0 Å². The van der Waals surface area contributed by atoms with Gasteiger partial charge in [-0.2, -0.15) is 0 Å². The molecule has 0 aromatic carbocycles. The van der Waals surface area contributed by atoms with Crippen LogP contribution in [0.4, 0.5) is 4.39 Å². The largest absolute Gasteiger partial charge is 0.480 e. The fraction of sp³-hybridized carbons (Fsp3) is 0.833. The molecular formula is C6H12FNO2. The first-order valence-electron chi connectivity index (χ1n) is 2.96. The van der Waals surface area contributed by atoms with E-state index in [0.717, 1.165) is 0 Å². The maximum atomic E-state index is 12.0. The van der Waals surface area contributed by atoms with E-state index >= 15 is 0 Å². The van der Waals surface area contributed by atoms with Gasteiger partial charge in [0.1, 0.15) is 6.04 Å². The smallest absolute Gasteiger partial charge is 0.321 e. The summed E-state index contributed by atoms with van der Waals surface area (Å²) in [6.07, 6.45) is 0. The Bertz CT molecular complexity index is 136. The minimum absolute atomic E-state index is 0.722. The van der Waals surface area contributed by atoms with E-state index in [1.807, 2.05) is 0 Å². The predicted molar refractivity (Wildman–Crippen MR) is 35.4 cm³/mol. The van der Waals surface area contributed by atoms with Crippen LogP contribution >= 0.6 is 0 Å². The van der Waals surface area contributed by atoms with E-state index < -0.39 is 24.1 Å². The van der Waals surface area contributed by atoms with E-state index in [2.05, 4.69) is 0 Å². The van der Waals surface area contributed by atoms with Gasteiger partial charge < -0.3 is 10.8 Å². The number of aliphatic carboxylic acids is 1. The first-order chi connectivity index (χ1) is 4.41. The van der Waals surface area contributed by atoms with Gasteiger partial charge >= 0.3 is 5.97 Å². The Hall–Kier alpha value is -0.640. The van der Waals surface area contributed by atoms with Crippen molar-refractivity contribution in [1.82, 2.24) is 0 Å². The number of halogens is 1. The van der Waals surface area contributed by atoms with Gasteiger partial charge in [0, 0.05) is 5.41 Å². The van der Waals surface area contributed by atoms with E-state index in [1.54, 1.807) is 0 Å². The number of carbonyl (C=O) groups is 1. The van der Waals surface area contributed by atoms with Crippen LogP contribution in [0.2, 0.25) is 0 Å². The summed E-state index contributed by atoms with van der Waals surface area (Å²) in [5.41, 5.74) is 4.20. The normalized spacial score (nSPS) is 14.8. The molecular weight excluding hydrogens is 137 g/mol. The molecule has 0 aromatic heterocycles. The number of carboxylic acid groups (broad SMARTS) is 1. The molecule has 0 heterocycles. The van der Waals surface area contributed by atoms with Crippen LogP contribution in [0.15, 0.2) is 0 Å². The Labute approximate surface area is 59.0 Å². The molecule has 4 heteroatoms. The van der Waals surface area contributed by atoms with Crippen LogP contribution in [0.3, 0.4) is 0 Å². The van der Waals surface area contributed by atoms with Crippen LogP contribution in [-0.4, -0.2) is 23.8 Å². The van der Waals surface area contributed by atoms with Gasteiger partial charge in [-0.25, -0.2) is 0 Å². The Kier molecular flexibility index (Phi) is 2.77. The summed E-state index contributed by atoms with van der Waals surface area (Å²) in [5.74, 6) is -1.16. The van der Waals surface area contributed by atoms with Crippen molar-refractivity contribution < 1.29 is 14.3 Å². The number of nitrogens with two attached hydrogens (primary N) is 1. The summed E-state index contributed by atoms with van der Waals surface area (Å²) in [7, 11) is 0. The van der Waals surface area contributed by atoms with Gasteiger partial charge in [-0.05, 0) is 0 Å². The van der Waals surface area contributed by atoms with Crippen molar-refractivity contribution in [2.24, 2.45) is 11.1 Å². The van der Waals surface area contributed by atoms with Crippen LogP contribution < -0.4 is 5.73 Å². The quantitative estimate of drug-likeness (QED) is 0.610. The second-order valence-electron chi connectivity index (χ2n) is 2.94. The minimum atomic E-state index is -1.16. The molecule has 0 aliphatic carbocycles. The topological polar surface area (TPSA) is 63.3 Å². The molecule has 60 valence electrons. The van der Waals surface area contributed by atoms with E-state index in [1.165, 1.54) is 13.8 Å².